The number of benzene rings is 2. The summed E-state index contributed by atoms with van der Waals surface area (Å²) < 4.78 is 11.9. The number of hydrogen-bond donors (Lipinski definition) is 3. The second-order valence-electron chi connectivity index (χ2n) is 10.9. The molecule has 3 aromatic rings. The summed E-state index contributed by atoms with van der Waals surface area (Å²) in [6, 6.07) is 12.0. The number of furan rings is 1. The number of amides is 1. The number of carboxylic acid groups (broad SMARTS) is 1. The molecule has 0 aliphatic carbocycles. The highest BCUT2D eigenvalue weighted by molar-refractivity contribution is 6.17. The van der Waals surface area contributed by atoms with E-state index in [1.54, 1.807) is 42.5 Å². The molecule has 8 heteroatoms. The van der Waals surface area contributed by atoms with E-state index in [2.05, 4.69) is 38.3 Å². The van der Waals surface area contributed by atoms with Gasteiger partial charge in [0.05, 0.1) is 18.6 Å². The van der Waals surface area contributed by atoms with Gasteiger partial charge in [0.25, 0.3) is 5.91 Å². The maximum atomic E-state index is 13.7. The molecule has 3 rings (SSSR count). The normalized spacial score (nSPS) is 11.5. The summed E-state index contributed by atoms with van der Waals surface area (Å²) in [7, 11) is 0. The molecule has 0 bridgehead atoms. The van der Waals surface area contributed by atoms with Gasteiger partial charge in [0.2, 0.25) is 0 Å². The Bertz CT molecular complexity index is 1270. The fourth-order valence-corrected chi connectivity index (χ4v) is 4.13. The van der Waals surface area contributed by atoms with E-state index in [4.69, 9.17) is 14.3 Å². The molecule has 210 valence electrons. The van der Waals surface area contributed by atoms with Crippen molar-refractivity contribution < 1.29 is 28.6 Å². The largest absolute Gasteiger partial charge is 0.494 e. The minimum atomic E-state index is -0.987. The van der Waals surface area contributed by atoms with Crippen molar-refractivity contribution in [3.05, 3.63) is 64.9 Å². The number of carbonyl (C=O) groups is 3. The van der Waals surface area contributed by atoms with Crippen LogP contribution in [0.5, 0.6) is 5.75 Å². The zero-order valence-corrected chi connectivity index (χ0v) is 23.4. The van der Waals surface area contributed by atoms with Crippen molar-refractivity contribution in [1.29, 1.82) is 0 Å². The molecule has 0 atom stereocenters. The van der Waals surface area contributed by atoms with Crippen LogP contribution in [0.3, 0.4) is 0 Å². The van der Waals surface area contributed by atoms with E-state index in [-0.39, 0.29) is 24.2 Å². The summed E-state index contributed by atoms with van der Waals surface area (Å²) in [5.41, 5.74) is 2.08. The fraction of sp³-hybridized carbons (Fsp3) is 0.452. The van der Waals surface area contributed by atoms with Gasteiger partial charge in [0.1, 0.15) is 17.1 Å². The van der Waals surface area contributed by atoms with Gasteiger partial charge in [-0.05, 0) is 73.8 Å². The van der Waals surface area contributed by atoms with Crippen LogP contribution in [0, 0.1) is 5.41 Å². The maximum Gasteiger partial charge on any atom is 0.305 e. The van der Waals surface area contributed by atoms with Crippen molar-refractivity contribution in [3.8, 4) is 5.75 Å². The Morgan fingerprint density at radius 3 is 2.36 bits per heavy atom. The van der Waals surface area contributed by atoms with Gasteiger partial charge in [-0.25, -0.2) is 0 Å². The molecule has 0 aliphatic heterocycles. The van der Waals surface area contributed by atoms with Gasteiger partial charge in [-0.2, -0.15) is 0 Å². The third kappa shape index (κ3) is 8.96. The van der Waals surface area contributed by atoms with Gasteiger partial charge in [-0.15, -0.1) is 0 Å². The molecule has 1 aromatic heterocycles. The number of ketones is 1. The molecular weight excluding hydrogens is 496 g/mol. The van der Waals surface area contributed by atoms with Gasteiger partial charge in [-0.1, -0.05) is 34.1 Å². The molecule has 39 heavy (non-hydrogen) atoms. The van der Waals surface area contributed by atoms with Crippen LogP contribution < -0.4 is 15.4 Å². The Hall–Kier alpha value is -3.65. The van der Waals surface area contributed by atoms with Crippen molar-refractivity contribution in [1.82, 2.24) is 10.6 Å². The second-order valence-corrected chi connectivity index (χ2v) is 10.9. The number of aliphatic carboxylic acids is 1. The topological polar surface area (TPSA) is 118 Å². The number of unbranched alkanes of at least 4 members (excludes halogenated alkanes) is 1. The highest BCUT2D eigenvalue weighted by Gasteiger charge is 2.23. The van der Waals surface area contributed by atoms with Crippen LogP contribution in [-0.4, -0.2) is 49.0 Å². The van der Waals surface area contributed by atoms with E-state index >= 15 is 0 Å². The van der Waals surface area contributed by atoms with E-state index in [1.807, 2.05) is 0 Å². The molecule has 0 unspecified atom stereocenters. The van der Waals surface area contributed by atoms with Crippen molar-refractivity contribution in [2.45, 2.75) is 59.8 Å². The molecule has 1 heterocycles. The molecular formula is C31H40N2O6. The first kappa shape index (κ1) is 29.9. The number of aryl methyl sites for hydroxylation is 1. The Balaban J connectivity index is 1.74. The van der Waals surface area contributed by atoms with Crippen molar-refractivity contribution in [3.63, 3.8) is 0 Å². The highest BCUT2D eigenvalue weighted by atomic mass is 16.5. The quantitative estimate of drug-likeness (QED) is 0.171. The molecule has 8 nitrogen and oxygen atoms in total. The number of hydrogen-bond acceptors (Lipinski definition) is 6. The first-order valence-electron chi connectivity index (χ1n) is 13.6. The van der Waals surface area contributed by atoms with E-state index in [9.17, 15) is 14.4 Å². The second kappa shape index (κ2) is 13.9. The molecule has 1 amide bonds. The van der Waals surface area contributed by atoms with Crippen molar-refractivity contribution >= 4 is 28.6 Å². The molecule has 0 saturated carbocycles. The molecule has 0 spiro atoms. The first-order chi connectivity index (χ1) is 18.6. The fourth-order valence-electron chi connectivity index (χ4n) is 4.13. The summed E-state index contributed by atoms with van der Waals surface area (Å²) in [6.45, 7) is 11.1. The van der Waals surface area contributed by atoms with E-state index < -0.39 is 11.9 Å². The van der Waals surface area contributed by atoms with Crippen LogP contribution in [0.2, 0.25) is 0 Å². The Morgan fingerprint density at radius 2 is 1.69 bits per heavy atom. The Morgan fingerprint density at radius 1 is 0.974 bits per heavy atom. The minimum absolute atomic E-state index is 0.0208. The van der Waals surface area contributed by atoms with Gasteiger partial charge < -0.3 is 24.9 Å². The average Bonchev–Trinajstić information content (AvgIpc) is 3.26. The van der Waals surface area contributed by atoms with E-state index in [1.165, 1.54) is 0 Å². The summed E-state index contributed by atoms with van der Waals surface area (Å²) >= 11 is 0. The summed E-state index contributed by atoms with van der Waals surface area (Å²) in [6.07, 6.45) is 3.12. The molecule has 0 fully saturated rings. The predicted molar refractivity (Wildman–Crippen MR) is 152 cm³/mol. The van der Waals surface area contributed by atoms with Gasteiger partial charge >= 0.3 is 5.97 Å². The zero-order valence-electron chi connectivity index (χ0n) is 23.4. The van der Waals surface area contributed by atoms with Crippen LogP contribution >= 0.6 is 0 Å². The van der Waals surface area contributed by atoms with E-state index in [0.29, 0.717) is 52.2 Å². The standard InChI is InChI=1S/C31H40N2O6/c1-5-6-8-26-28(24-19-22(11-14-25(24)39-26)30(37)33-17-15-27(34)35)29(36)21-9-12-23(13-10-21)38-18-7-16-32-20-31(2,3)4/h9-14,19,32H,5-8,15-18,20H2,1-4H3,(H,33,37)(H,34,35). The number of carboxylic acids is 1. The predicted octanol–water partition coefficient (Wildman–Crippen LogP) is 5.62. The molecule has 2 aromatic carbocycles. The molecule has 0 aliphatic rings. The molecule has 0 radical (unpaired) electrons. The number of nitrogens with one attached hydrogen (secondary N) is 2. The van der Waals surface area contributed by atoms with Crippen molar-refractivity contribution in [2.24, 2.45) is 5.41 Å². The third-order valence-electron chi connectivity index (χ3n) is 6.17. The first-order valence-corrected chi connectivity index (χ1v) is 13.6. The van der Waals surface area contributed by atoms with Gasteiger partial charge in [0.15, 0.2) is 5.78 Å². The van der Waals surface area contributed by atoms with Crippen LogP contribution in [0.1, 0.15) is 85.4 Å². The van der Waals surface area contributed by atoms with Crippen LogP contribution in [0.4, 0.5) is 0 Å². The van der Waals surface area contributed by atoms with Crippen molar-refractivity contribution in [2.75, 3.05) is 26.2 Å². The number of rotatable bonds is 15. The third-order valence-corrected chi connectivity index (χ3v) is 6.17. The van der Waals surface area contributed by atoms with E-state index in [0.717, 1.165) is 32.4 Å². The summed E-state index contributed by atoms with van der Waals surface area (Å²) in [5.74, 6) is -0.267. The van der Waals surface area contributed by atoms with Crippen LogP contribution in [0.25, 0.3) is 11.0 Å². The number of ether oxygens (including phenoxy) is 1. The molecule has 0 saturated heterocycles. The lowest BCUT2D eigenvalue weighted by Crippen LogP contribution is -2.28. The van der Waals surface area contributed by atoms with Gasteiger partial charge in [0, 0.05) is 29.5 Å². The Labute approximate surface area is 230 Å². The average molecular weight is 537 g/mol. The monoisotopic (exact) mass is 536 g/mol. The summed E-state index contributed by atoms with van der Waals surface area (Å²) in [5, 5.41) is 15.4. The number of carbonyl (C=O) groups excluding carboxylic acids is 2. The lowest BCUT2D eigenvalue weighted by Gasteiger charge is -2.18. The maximum absolute atomic E-state index is 13.7. The number of fused-ring (bicyclic) bond motifs is 1. The van der Waals surface area contributed by atoms with Gasteiger partial charge in [-0.3, -0.25) is 14.4 Å². The summed E-state index contributed by atoms with van der Waals surface area (Å²) in [4.78, 5) is 37.0. The zero-order chi connectivity index (χ0) is 28.4. The smallest absolute Gasteiger partial charge is 0.305 e. The highest BCUT2D eigenvalue weighted by Crippen LogP contribution is 2.31. The van der Waals surface area contributed by atoms with Crippen LogP contribution in [-0.2, 0) is 11.2 Å². The molecule has 3 N–H and O–H groups in total. The Kier molecular flexibility index (Phi) is 10.7. The lowest BCUT2D eigenvalue weighted by atomic mass is 9.97. The van der Waals surface area contributed by atoms with Crippen LogP contribution in [0.15, 0.2) is 46.9 Å². The minimum Gasteiger partial charge on any atom is -0.494 e. The SMILES string of the molecule is CCCCc1oc2ccc(C(=O)NCCC(=O)O)cc2c1C(=O)c1ccc(OCCCNCC(C)(C)C)cc1. The lowest BCUT2D eigenvalue weighted by molar-refractivity contribution is -0.136.